The summed E-state index contributed by atoms with van der Waals surface area (Å²) in [6.07, 6.45) is 3.76. The van der Waals surface area contributed by atoms with E-state index >= 15 is 0 Å². The van der Waals surface area contributed by atoms with E-state index in [9.17, 15) is 12.9 Å². The van der Waals surface area contributed by atoms with Crippen LogP contribution in [0.1, 0.15) is 38.5 Å². The number of ether oxygens (including phenoxy) is 1. The minimum absolute atomic E-state index is 0. The van der Waals surface area contributed by atoms with Crippen LogP contribution in [0, 0.1) is 0 Å². The molecular formula is C9H15BF3KO. The summed E-state index contributed by atoms with van der Waals surface area (Å²) in [5, 5.41) is 0. The van der Waals surface area contributed by atoms with Gasteiger partial charge in [-0.05, 0) is 25.7 Å². The van der Waals surface area contributed by atoms with Crippen molar-refractivity contribution in [2.24, 2.45) is 0 Å². The van der Waals surface area contributed by atoms with Gasteiger partial charge in [0.1, 0.15) is 0 Å². The normalized spacial score (nSPS) is 36.6. The smallest absolute Gasteiger partial charge is 0.449 e. The second-order valence-electron chi connectivity index (χ2n) is 4.60. The molecule has 0 radical (unpaired) electrons. The molecule has 15 heavy (non-hydrogen) atoms. The molecule has 2 aliphatic rings. The molecule has 2 rings (SSSR count). The quantitative estimate of drug-likeness (QED) is 0.606. The van der Waals surface area contributed by atoms with Gasteiger partial charge in [-0.2, -0.15) is 0 Å². The Labute approximate surface area is 131 Å². The molecule has 1 aliphatic heterocycles. The van der Waals surface area contributed by atoms with E-state index < -0.39 is 12.8 Å². The van der Waals surface area contributed by atoms with Crippen molar-refractivity contribution in [3.63, 3.8) is 0 Å². The van der Waals surface area contributed by atoms with Crippen molar-refractivity contribution in [3.05, 3.63) is 0 Å². The summed E-state index contributed by atoms with van der Waals surface area (Å²) in [6.45, 7) is -3.88. The number of halogens is 3. The molecule has 0 N–H and O–H groups in total. The Bertz CT molecular complexity index is 206. The number of hydrogen-bond acceptors (Lipinski definition) is 1. The van der Waals surface area contributed by atoms with Gasteiger partial charge >= 0.3 is 58.4 Å². The molecule has 1 saturated heterocycles. The van der Waals surface area contributed by atoms with Crippen LogP contribution in [-0.4, -0.2) is 19.2 Å². The van der Waals surface area contributed by atoms with Crippen LogP contribution in [0.15, 0.2) is 0 Å². The average molecular weight is 246 g/mol. The predicted octanol–water partition coefficient (Wildman–Crippen LogP) is 0.331. The van der Waals surface area contributed by atoms with Crippen molar-refractivity contribution in [1.82, 2.24) is 0 Å². The van der Waals surface area contributed by atoms with E-state index in [1.54, 1.807) is 0 Å². The Kier molecular flexibility index (Phi) is 5.22. The Morgan fingerprint density at radius 2 is 1.67 bits per heavy atom. The molecule has 1 spiro atoms. The van der Waals surface area contributed by atoms with Crippen molar-refractivity contribution in [2.75, 3.05) is 6.61 Å². The summed E-state index contributed by atoms with van der Waals surface area (Å²) in [4.78, 5) is 0. The zero-order valence-corrected chi connectivity index (χ0v) is 12.3. The molecule has 1 aliphatic carbocycles. The van der Waals surface area contributed by atoms with Crippen LogP contribution < -0.4 is 51.4 Å². The topological polar surface area (TPSA) is 9.23 Å². The van der Waals surface area contributed by atoms with Crippen molar-refractivity contribution in [1.29, 1.82) is 0 Å². The molecule has 82 valence electrons. The largest absolute Gasteiger partial charge is 1.00 e. The zero-order chi connectivity index (χ0) is 10.2. The van der Waals surface area contributed by atoms with E-state index in [-0.39, 0.29) is 69.8 Å². The first-order valence-electron chi connectivity index (χ1n) is 5.36. The maximum absolute atomic E-state index is 12.4. The molecule has 0 aromatic carbocycles. The molecule has 6 heteroatoms. The summed E-state index contributed by atoms with van der Waals surface area (Å²) in [7, 11) is 0. The molecule has 1 heterocycles. The molecular weight excluding hydrogens is 231 g/mol. The first kappa shape index (κ1) is 14.5. The summed E-state index contributed by atoms with van der Waals surface area (Å²) < 4.78 is 42.9. The van der Waals surface area contributed by atoms with Crippen LogP contribution in [0.5, 0.6) is 0 Å². The minimum atomic E-state index is -4.62. The van der Waals surface area contributed by atoms with Crippen LogP contribution >= 0.6 is 0 Å². The fraction of sp³-hybridized carbons (Fsp3) is 1.00. The van der Waals surface area contributed by atoms with Crippen LogP contribution in [-0.2, 0) is 4.74 Å². The molecule has 0 amide bonds. The molecule has 1 nitrogen and oxygen atoms in total. The Morgan fingerprint density at radius 3 is 2.07 bits per heavy atom. The predicted molar refractivity (Wildman–Crippen MR) is 49.2 cm³/mol. The Morgan fingerprint density at radius 1 is 1.07 bits per heavy atom. The molecule has 0 aromatic rings. The second kappa shape index (κ2) is 5.40. The first-order chi connectivity index (χ1) is 6.52. The summed E-state index contributed by atoms with van der Waals surface area (Å²) in [5.74, 6) is -1.02. The molecule has 0 bridgehead atoms. The molecule has 1 saturated carbocycles. The van der Waals surface area contributed by atoms with Crippen molar-refractivity contribution >= 4 is 6.98 Å². The van der Waals surface area contributed by atoms with E-state index in [1.807, 2.05) is 0 Å². The number of rotatable bonds is 1. The number of hydrogen-bond donors (Lipinski definition) is 0. The SMILES string of the molecule is F[B-](F)(F)C1CCC2(CCCO2)CC1.[K+]. The van der Waals surface area contributed by atoms with Gasteiger partial charge < -0.3 is 17.7 Å². The van der Waals surface area contributed by atoms with Crippen LogP contribution in [0.4, 0.5) is 12.9 Å². The Hall–Kier alpha value is 1.45. The van der Waals surface area contributed by atoms with E-state index in [0.717, 1.165) is 19.4 Å². The summed E-state index contributed by atoms with van der Waals surface area (Å²) in [5.41, 5.74) is -0.169. The molecule has 0 aromatic heterocycles. The third-order valence-corrected chi connectivity index (χ3v) is 3.66. The van der Waals surface area contributed by atoms with Crippen molar-refractivity contribution < 1.29 is 69.1 Å². The van der Waals surface area contributed by atoms with Gasteiger partial charge in [0.05, 0.1) is 5.60 Å². The third kappa shape index (κ3) is 3.45. The zero-order valence-electron chi connectivity index (χ0n) is 9.15. The van der Waals surface area contributed by atoms with Gasteiger partial charge in [0.25, 0.3) is 0 Å². The maximum Gasteiger partial charge on any atom is 1.00 e. The Balaban J connectivity index is 0.00000112. The van der Waals surface area contributed by atoms with Gasteiger partial charge in [-0.15, -0.1) is 0 Å². The molecule has 0 atom stereocenters. The van der Waals surface area contributed by atoms with E-state index in [1.165, 1.54) is 0 Å². The van der Waals surface area contributed by atoms with Gasteiger partial charge in [0.2, 0.25) is 0 Å². The van der Waals surface area contributed by atoms with Crippen LogP contribution in [0.3, 0.4) is 0 Å². The maximum atomic E-state index is 12.4. The fourth-order valence-corrected chi connectivity index (χ4v) is 2.69. The van der Waals surface area contributed by atoms with Crippen molar-refractivity contribution in [3.8, 4) is 0 Å². The summed E-state index contributed by atoms with van der Waals surface area (Å²) >= 11 is 0. The fourth-order valence-electron chi connectivity index (χ4n) is 2.69. The van der Waals surface area contributed by atoms with Crippen LogP contribution in [0.25, 0.3) is 0 Å². The minimum Gasteiger partial charge on any atom is -0.449 e. The monoisotopic (exact) mass is 246 g/mol. The van der Waals surface area contributed by atoms with Gasteiger partial charge in [-0.25, -0.2) is 0 Å². The second-order valence-corrected chi connectivity index (χ2v) is 4.60. The summed E-state index contributed by atoms with van der Waals surface area (Å²) in [6, 6.07) is 0. The standard InChI is InChI=1S/C9H15BF3O.K/c11-10(12,13)8-2-5-9(6-3-8)4-1-7-14-9;/h8H,1-7H2;/q-1;+1. The average Bonchev–Trinajstić information content (AvgIpc) is 2.53. The molecule has 2 fully saturated rings. The van der Waals surface area contributed by atoms with Gasteiger partial charge in [-0.3, -0.25) is 0 Å². The molecule has 0 unspecified atom stereocenters. The van der Waals surface area contributed by atoms with Gasteiger partial charge in [0.15, 0.2) is 0 Å². The van der Waals surface area contributed by atoms with Gasteiger partial charge in [-0.1, -0.05) is 18.7 Å². The van der Waals surface area contributed by atoms with E-state index in [4.69, 9.17) is 4.74 Å². The van der Waals surface area contributed by atoms with E-state index in [0.29, 0.717) is 12.8 Å². The first-order valence-corrected chi connectivity index (χ1v) is 5.36. The van der Waals surface area contributed by atoms with Crippen molar-refractivity contribution in [2.45, 2.75) is 49.9 Å². The van der Waals surface area contributed by atoms with Gasteiger partial charge in [0, 0.05) is 6.61 Å². The van der Waals surface area contributed by atoms with E-state index in [2.05, 4.69) is 0 Å². The van der Waals surface area contributed by atoms with Crippen LogP contribution in [0.2, 0.25) is 5.82 Å². The third-order valence-electron chi connectivity index (χ3n) is 3.66.